The zero-order chi connectivity index (χ0) is 24.6. The Morgan fingerprint density at radius 3 is 2.66 bits per heavy atom. The maximum atomic E-state index is 13.1. The molecular formula is C30H34N2O3. The van der Waals surface area contributed by atoms with Gasteiger partial charge >= 0.3 is 0 Å². The second kappa shape index (κ2) is 9.21. The minimum atomic E-state index is -1.24. The second-order valence-corrected chi connectivity index (χ2v) is 10.3. The molecule has 1 fully saturated rings. The predicted octanol–water partition coefficient (Wildman–Crippen LogP) is 5.29. The fourth-order valence-electron chi connectivity index (χ4n) is 6.53. The van der Waals surface area contributed by atoms with E-state index < -0.39 is 11.7 Å². The van der Waals surface area contributed by atoms with Crippen molar-refractivity contribution in [1.82, 2.24) is 4.98 Å². The van der Waals surface area contributed by atoms with E-state index in [9.17, 15) is 15.0 Å². The third kappa shape index (κ3) is 4.07. The lowest BCUT2D eigenvalue weighted by molar-refractivity contribution is -0.144. The number of pyridine rings is 1. The van der Waals surface area contributed by atoms with Crippen LogP contribution in [0.5, 0.6) is 0 Å². The molecule has 5 nitrogen and oxygen atoms in total. The standard InChI is InChI=1S/C30H34N2O3/c1-3-29-19-27(33)30(35,23-10-5-4-6-11-23)18-24(29)12-7-9-21-17-22(14-15-25(21)29)28(34)32-26-13-8-16-31-20(26)2/h4-6,8,10-11,13-17,24,27,33,35H,3,7,9,12,18-19H2,1-2H3,(H,32,34). The molecule has 5 rings (SSSR count). The van der Waals surface area contributed by atoms with E-state index >= 15 is 0 Å². The van der Waals surface area contributed by atoms with Crippen molar-refractivity contribution in [2.45, 2.75) is 69.5 Å². The first-order chi connectivity index (χ1) is 16.9. The SMILES string of the molecule is CCC12CC(O)C(O)(c3ccccc3)CC1CCCc1cc(C(=O)Nc3cccnc3C)ccc12. The maximum absolute atomic E-state index is 13.1. The summed E-state index contributed by atoms with van der Waals surface area (Å²) < 4.78 is 0. The van der Waals surface area contributed by atoms with Crippen LogP contribution < -0.4 is 5.32 Å². The number of benzene rings is 2. The van der Waals surface area contributed by atoms with Gasteiger partial charge in [0.2, 0.25) is 0 Å². The van der Waals surface area contributed by atoms with Gasteiger partial charge in [0.1, 0.15) is 5.60 Å². The van der Waals surface area contributed by atoms with E-state index in [0.717, 1.165) is 36.9 Å². The minimum absolute atomic E-state index is 0.141. The van der Waals surface area contributed by atoms with Crippen LogP contribution in [0.2, 0.25) is 0 Å². The first kappa shape index (κ1) is 23.7. The van der Waals surface area contributed by atoms with Crippen molar-refractivity contribution >= 4 is 11.6 Å². The van der Waals surface area contributed by atoms with Crippen LogP contribution in [0.25, 0.3) is 0 Å². The summed E-state index contributed by atoms with van der Waals surface area (Å²) in [7, 11) is 0. The molecule has 0 spiro atoms. The van der Waals surface area contributed by atoms with Crippen LogP contribution in [-0.2, 0) is 17.4 Å². The molecule has 0 aliphatic heterocycles. The molecule has 2 aliphatic rings. The number of hydrogen-bond acceptors (Lipinski definition) is 4. The van der Waals surface area contributed by atoms with Crippen LogP contribution in [-0.4, -0.2) is 27.2 Å². The smallest absolute Gasteiger partial charge is 0.255 e. The van der Waals surface area contributed by atoms with Gasteiger partial charge in [-0.15, -0.1) is 0 Å². The number of aliphatic hydroxyl groups excluding tert-OH is 1. The summed E-state index contributed by atoms with van der Waals surface area (Å²) >= 11 is 0. The van der Waals surface area contributed by atoms with Gasteiger partial charge in [0.15, 0.2) is 0 Å². The molecule has 3 aromatic rings. The molecule has 0 saturated heterocycles. The van der Waals surface area contributed by atoms with E-state index in [4.69, 9.17) is 0 Å². The van der Waals surface area contributed by atoms with E-state index in [2.05, 4.69) is 23.3 Å². The molecule has 1 aromatic heterocycles. The van der Waals surface area contributed by atoms with Crippen molar-refractivity contribution in [3.05, 3.63) is 94.8 Å². The van der Waals surface area contributed by atoms with Crippen molar-refractivity contribution in [2.24, 2.45) is 5.92 Å². The number of aliphatic hydroxyl groups is 2. The molecule has 0 radical (unpaired) electrons. The summed E-state index contributed by atoms with van der Waals surface area (Å²) in [4.78, 5) is 17.3. The van der Waals surface area contributed by atoms with Crippen molar-refractivity contribution in [3.63, 3.8) is 0 Å². The first-order valence-electron chi connectivity index (χ1n) is 12.7. The van der Waals surface area contributed by atoms with E-state index in [1.54, 1.807) is 6.20 Å². The van der Waals surface area contributed by atoms with Gasteiger partial charge in [-0.3, -0.25) is 9.78 Å². The molecule has 2 aliphatic carbocycles. The van der Waals surface area contributed by atoms with E-state index in [0.29, 0.717) is 24.1 Å². The van der Waals surface area contributed by atoms with Crippen LogP contribution in [0.15, 0.2) is 66.9 Å². The zero-order valence-corrected chi connectivity index (χ0v) is 20.5. The summed E-state index contributed by atoms with van der Waals surface area (Å²) in [6, 6.07) is 19.3. The number of rotatable bonds is 4. The molecule has 3 N–H and O–H groups in total. The molecule has 1 saturated carbocycles. The number of fused-ring (bicyclic) bond motifs is 3. The molecule has 1 amide bonds. The number of carbonyl (C=O) groups excluding carboxylic acids is 1. The highest BCUT2D eigenvalue weighted by atomic mass is 16.3. The third-order valence-electron chi connectivity index (χ3n) is 8.51. The fraction of sp³-hybridized carbons (Fsp3) is 0.400. The van der Waals surface area contributed by atoms with Gasteiger partial charge in [0.05, 0.1) is 17.5 Å². The highest BCUT2D eigenvalue weighted by Crippen LogP contribution is 2.56. The molecule has 4 unspecified atom stereocenters. The highest BCUT2D eigenvalue weighted by Gasteiger charge is 2.54. The minimum Gasteiger partial charge on any atom is -0.390 e. The monoisotopic (exact) mass is 470 g/mol. The van der Waals surface area contributed by atoms with Crippen molar-refractivity contribution in [2.75, 3.05) is 5.32 Å². The Balaban J connectivity index is 1.48. The number of aromatic nitrogens is 1. The summed E-state index contributed by atoms with van der Waals surface area (Å²) in [6.45, 7) is 4.07. The number of carbonyl (C=O) groups is 1. The van der Waals surface area contributed by atoms with Gasteiger partial charge in [-0.1, -0.05) is 43.3 Å². The lowest BCUT2D eigenvalue weighted by Gasteiger charge is -2.52. The summed E-state index contributed by atoms with van der Waals surface area (Å²) in [5, 5.41) is 26.0. The van der Waals surface area contributed by atoms with E-state index in [1.165, 1.54) is 11.1 Å². The quantitative estimate of drug-likeness (QED) is 0.484. The average molecular weight is 471 g/mol. The number of anilines is 1. The van der Waals surface area contributed by atoms with Gasteiger partial charge < -0.3 is 15.5 Å². The lowest BCUT2D eigenvalue weighted by Crippen LogP contribution is -2.54. The van der Waals surface area contributed by atoms with Crippen LogP contribution in [0, 0.1) is 12.8 Å². The number of nitrogens with zero attached hydrogens (tertiary/aromatic N) is 1. The Hall–Kier alpha value is -3.02. The van der Waals surface area contributed by atoms with E-state index in [-0.39, 0.29) is 17.2 Å². The number of nitrogens with one attached hydrogen (secondary N) is 1. The topological polar surface area (TPSA) is 82.5 Å². The number of aryl methyl sites for hydroxylation is 2. The zero-order valence-electron chi connectivity index (χ0n) is 20.5. The highest BCUT2D eigenvalue weighted by molar-refractivity contribution is 6.04. The molecule has 5 heteroatoms. The molecule has 35 heavy (non-hydrogen) atoms. The third-order valence-corrected chi connectivity index (χ3v) is 8.51. The number of amides is 1. The molecule has 2 aromatic carbocycles. The van der Waals surface area contributed by atoms with Crippen LogP contribution in [0.4, 0.5) is 5.69 Å². The summed E-state index contributed by atoms with van der Waals surface area (Å²) in [5.74, 6) is 0.109. The second-order valence-electron chi connectivity index (χ2n) is 10.3. The van der Waals surface area contributed by atoms with Crippen LogP contribution in [0.3, 0.4) is 0 Å². The van der Waals surface area contributed by atoms with Gasteiger partial charge in [-0.25, -0.2) is 0 Å². The fourth-order valence-corrected chi connectivity index (χ4v) is 6.53. The van der Waals surface area contributed by atoms with Crippen LogP contribution >= 0.6 is 0 Å². The van der Waals surface area contributed by atoms with E-state index in [1.807, 2.05) is 61.5 Å². The lowest BCUT2D eigenvalue weighted by atomic mass is 9.55. The first-order valence-corrected chi connectivity index (χ1v) is 12.7. The Morgan fingerprint density at radius 1 is 1.11 bits per heavy atom. The summed E-state index contributed by atoms with van der Waals surface area (Å²) in [6.07, 6.45) is 5.65. The van der Waals surface area contributed by atoms with Crippen molar-refractivity contribution < 1.29 is 15.0 Å². The molecule has 4 atom stereocenters. The molecule has 1 heterocycles. The largest absolute Gasteiger partial charge is 0.390 e. The Labute approximate surface area is 207 Å². The molecule has 0 bridgehead atoms. The molecule has 182 valence electrons. The Bertz CT molecular complexity index is 1230. The van der Waals surface area contributed by atoms with Gasteiger partial charge in [-0.2, -0.15) is 0 Å². The van der Waals surface area contributed by atoms with Crippen LogP contribution in [0.1, 0.15) is 71.8 Å². The normalized spacial score (nSPS) is 27.9. The Morgan fingerprint density at radius 2 is 1.91 bits per heavy atom. The van der Waals surface area contributed by atoms with Gasteiger partial charge in [-0.05, 0) is 92.3 Å². The summed E-state index contributed by atoms with van der Waals surface area (Å²) in [5.41, 5.74) is 3.87. The molecular weight excluding hydrogens is 436 g/mol. The van der Waals surface area contributed by atoms with Crippen molar-refractivity contribution in [1.29, 1.82) is 0 Å². The predicted molar refractivity (Wildman–Crippen MR) is 137 cm³/mol. The van der Waals surface area contributed by atoms with Gasteiger partial charge in [0.25, 0.3) is 5.91 Å². The van der Waals surface area contributed by atoms with Crippen molar-refractivity contribution in [3.8, 4) is 0 Å². The number of hydrogen-bond donors (Lipinski definition) is 3. The Kier molecular flexibility index (Phi) is 6.24. The average Bonchev–Trinajstić information content (AvgIpc) is 3.02. The maximum Gasteiger partial charge on any atom is 0.255 e. The van der Waals surface area contributed by atoms with Gasteiger partial charge in [0, 0.05) is 17.2 Å².